The molecule has 0 atom stereocenters. The topological polar surface area (TPSA) is 87.0 Å². The predicted octanol–water partition coefficient (Wildman–Crippen LogP) is 2.83. The van der Waals surface area contributed by atoms with Gasteiger partial charge in [0.1, 0.15) is 5.82 Å². The highest BCUT2D eigenvalue weighted by Crippen LogP contribution is 2.29. The molecule has 32 heavy (non-hydrogen) atoms. The van der Waals surface area contributed by atoms with Crippen molar-refractivity contribution in [3.05, 3.63) is 41.8 Å². The number of carbonyl (C=O) groups excluding carboxylic acids is 1. The summed E-state index contributed by atoms with van der Waals surface area (Å²) in [5.41, 5.74) is -0.816. The standard InChI is InChI=1S/C20H23F3N4O4S/c21-20(22,23)15-4-6-17(24-14-15)25-10-12-26(13-11-25)19(28)16-5-7-18(31-16)32(29,30)27-8-2-1-3-9-27/h4-7,14H,1-3,8-13H2. The molecule has 0 bridgehead atoms. The molecule has 0 radical (unpaired) electrons. The summed E-state index contributed by atoms with van der Waals surface area (Å²) in [6.07, 6.45) is -1.07. The number of aromatic nitrogens is 1. The van der Waals surface area contributed by atoms with Crippen LogP contribution in [-0.4, -0.2) is 67.8 Å². The maximum atomic E-state index is 12.8. The SMILES string of the molecule is O=C(c1ccc(S(=O)(=O)N2CCCCC2)o1)N1CCN(c2ccc(C(F)(F)F)cn2)CC1. The van der Waals surface area contributed by atoms with Crippen LogP contribution < -0.4 is 4.90 Å². The number of alkyl halides is 3. The largest absolute Gasteiger partial charge is 0.438 e. The number of sulfonamides is 1. The first-order valence-corrected chi connectivity index (χ1v) is 11.8. The summed E-state index contributed by atoms with van der Waals surface area (Å²) in [6.45, 7) is 2.24. The molecular weight excluding hydrogens is 449 g/mol. The molecule has 2 fully saturated rings. The minimum absolute atomic E-state index is 0.0540. The number of piperazine rings is 1. The lowest BCUT2D eigenvalue weighted by molar-refractivity contribution is -0.137. The van der Waals surface area contributed by atoms with Crippen LogP contribution in [0.2, 0.25) is 0 Å². The fourth-order valence-corrected chi connectivity index (χ4v) is 5.27. The van der Waals surface area contributed by atoms with E-state index in [0.29, 0.717) is 45.1 Å². The third-order valence-electron chi connectivity index (χ3n) is 5.67. The Kier molecular flexibility index (Phi) is 6.17. The minimum Gasteiger partial charge on any atom is -0.438 e. The Morgan fingerprint density at radius 2 is 1.62 bits per heavy atom. The van der Waals surface area contributed by atoms with Crippen LogP contribution in [0.5, 0.6) is 0 Å². The Morgan fingerprint density at radius 3 is 2.22 bits per heavy atom. The number of furan rings is 1. The Morgan fingerprint density at radius 1 is 0.938 bits per heavy atom. The molecule has 0 N–H and O–H groups in total. The van der Waals surface area contributed by atoms with Gasteiger partial charge in [-0.3, -0.25) is 4.79 Å². The molecule has 2 saturated heterocycles. The van der Waals surface area contributed by atoms with E-state index in [1.165, 1.54) is 27.4 Å². The molecule has 2 aliphatic heterocycles. The zero-order chi connectivity index (χ0) is 22.9. The fourth-order valence-electron chi connectivity index (χ4n) is 3.84. The van der Waals surface area contributed by atoms with Gasteiger partial charge in [-0.2, -0.15) is 17.5 Å². The zero-order valence-electron chi connectivity index (χ0n) is 17.2. The predicted molar refractivity (Wildman–Crippen MR) is 109 cm³/mol. The van der Waals surface area contributed by atoms with Crippen LogP contribution in [0.15, 0.2) is 40.0 Å². The number of hydrogen-bond acceptors (Lipinski definition) is 6. The Labute approximate surface area is 183 Å². The summed E-state index contributed by atoms with van der Waals surface area (Å²) in [5, 5.41) is -0.240. The van der Waals surface area contributed by atoms with Crippen LogP contribution in [0.4, 0.5) is 19.0 Å². The van der Waals surface area contributed by atoms with Gasteiger partial charge in [-0.05, 0) is 37.1 Å². The van der Waals surface area contributed by atoms with Crippen LogP contribution in [0.25, 0.3) is 0 Å². The minimum atomic E-state index is -4.44. The van der Waals surface area contributed by atoms with E-state index in [1.54, 1.807) is 4.90 Å². The van der Waals surface area contributed by atoms with Crippen molar-refractivity contribution in [1.82, 2.24) is 14.2 Å². The first-order chi connectivity index (χ1) is 15.2. The Bertz CT molecular complexity index is 1060. The molecule has 0 spiro atoms. The Balaban J connectivity index is 1.38. The lowest BCUT2D eigenvalue weighted by Gasteiger charge is -2.35. The molecular formula is C20H23F3N4O4S. The van der Waals surface area contributed by atoms with Crippen molar-refractivity contribution in [2.75, 3.05) is 44.2 Å². The molecule has 0 unspecified atom stereocenters. The molecule has 0 aromatic carbocycles. The van der Waals surface area contributed by atoms with Gasteiger partial charge in [0.05, 0.1) is 5.56 Å². The molecule has 2 aliphatic rings. The van der Waals surface area contributed by atoms with Gasteiger partial charge < -0.3 is 14.2 Å². The van der Waals surface area contributed by atoms with Crippen molar-refractivity contribution >= 4 is 21.7 Å². The van der Waals surface area contributed by atoms with Gasteiger partial charge in [-0.1, -0.05) is 6.42 Å². The van der Waals surface area contributed by atoms with Gasteiger partial charge >= 0.3 is 6.18 Å². The molecule has 12 heteroatoms. The second kappa shape index (κ2) is 8.74. The molecule has 1 amide bonds. The first kappa shape index (κ1) is 22.6. The van der Waals surface area contributed by atoms with Crippen molar-refractivity contribution in [1.29, 1.82) is 0 Å². The van der Waals surface area contributed by atoms with E-state index in [1.807, 2.05) is 0 Å². The average Bonchev–Trinajstić information content (AvgIpc) is 3.30. The van der Waals surface area contributed by atoms with Crippen molar-refractivity contribution in [3.8, 4) is 0 Å². The summed E-state index contributed by atoms with van der Waals surface area (Å²) in [4.78, 5) is 20.0. The highest BCUT2D eigenvalue weighted by molar-refractivity contribution is 7.89. The van der Waals surface area contributed by atoms with Crippen molar-refractivity contribution < 1.29 is 30.8 Å². The number of hydrogen-bond donors (Lipinski definition) is 0. The van der Waals surface area contributed by atoms with E-state index in [9.17, 15) is 26.4 Å². The lowest BCUT2D eigenvalue weighted by atomic mass is 10.2. The summed E-state index contributed by atoms with van der Waals surface area (Å²) in [6, 6.07) is 4.96. The second-order valence-electron chi connectivity index (χ2n) is 7.77. The normalized spacial score (nSPS) is 18.7. The molecule has 4 heterocycles. The van der Waals surface area contributed by atoms with E-state index in [-0.39, 0.29) is 10.9 Å². The van der Waals surface area contributed by atoms with E-state index in [0.717, 1.165) is 31.5 Å². The molecule has 8 nitrogen and oxygen atoms in total. The zero-order valence-corrected chi connectivity index (χ0v) is 18.0. The van der Waals surface area contributed by atoms with Crippen LogP contribution in [0.1, 0.15) is 35.4 Å². The van der Waals surface area contributed by atoms with Gasteiger partial charge in [0.2, 0.25) is 5.09 Å². The number of halogens is 3. The molecule has 174 valence electrons. The summed E-state index contributed by atoms with van der Waals surface area (Å²) in [5.74, 6) is -0.0789. The number of nitrogens with zero attached hydrogens (tertiary/aromatic N) is 4. The van der Waals surface area contributed by atoms with Gasteiger partial charge in [-0.25, -0.2) is 13.4 Å². The van der Waals surface area contributed by atoms with E-state index >= 15 is 0 Å². The number of rotatable bonds is 4. The molecule has 4 rings (SSSR count). The third-order valence-corrected chi connectivity index (χ3v) is 7.44. The molecule has 2 aromatic rings. The number of anilines is 1. The molecule has 0 saturated carbocycles. The number of pyridine rings is 1. The number of carbonyl (C=O) groups is 1. The van der Waals surface area contributed by atoms with Crippen LogP contribution in [-0.2, 0) is 16.2 Å². The summed E-state index contributed by atoms with van der Waals surface area (Å²) in [7, 11) is -3.76. The smallest absolute Gasteiger partial charge is 0.417 e. The van der Waals surface area contributed by atoms with E-state index in [2.05, 4.69) is 4.98 Å². The van der Waals surface area contributed by atoms with Crippen molar-refractivity contribution in [2.24, 2.45) is 0 Å². The average molecular weight is 472 g/mol. The first-order valence-electron chi connectivity index (χ1n) is 10.3. The highest BCUT2D eigenvalue weighted by atomic mass is 32.2. The van der Waals surface area contributed by atoms with Crippen molar-refractivity contribution in [2.45, 2.75) is 30.5 Å². The van der Waals surface area contributed by atoms with Gasteiger partial charge in [0.25, 0.3) is 15.9 Å². The van der Waals surface area contributed by atoms with Crippen LogP contribution >= 0.6 is 0 Å². The fraction of sp³-hybridized carbons (Fsp3) is 0.500. The lowest BCUT2D eigenvalue weighted by Crippen LogP contribution is -2.49. The Hall–Kier alpha value is -2.60. The monoisotopic (exact) mass is 472 g/mol. The maximum Gasteiger partial charge on any atom is 0.417 e. The molecule has 2 aromatic heterocycles. The van der Waals surface area contributed by atoms with Gasteiger partial charge in [0.15, 0.2) is 5.76 Å². The molecule has 0 aliphatic carbocycles. The van der Waals surface area contributed by atoms with Crippen LogP contribution in [0, 0.1) is 0 Å². The van der Waals surface area contributed by atoms with E-state index < -0.39 is 27.7 Å². The second-order valence-corrected chi connectivity index (χ2v) is 9.63. The number of piperidine rings is 1. The quantitative estimate of drug-likeness (QED) is 0.680. The van der Waals surface area contributed by atoms with Gasteiger partial charge in [0, 0.05) is 45.5 Å². The van der Waals surface area contributed by atoms with Gasteiger partial charge in [-0.15, -0.1) is 0 Å². The van der Waals surface area contributed by atoms with E-state index in [4.69, 9.17) is 4.42 Å². The summed E-state index contributed by atoms with van der Waals surface area (Å²) >= 11 is 0. The van der Waals surface area contributed by atoms with Crippen LogP contribution in [0.3, 0.4) is 0 Å². The highest BCUT2D eigenvalue weighted by Gasteiger charge is 2.33. The number of amides is 1. The maximum absolute atomic E-state index is 12.8. The van der Waals surface area contributed by atoms with Crippen molar-refractivity contribution in [3.63, 3.8) is 0 Å². The third kappa shape index (κ3) is 4.60. The summed E-state index contributed by atoms with van der Waals surface area (Å²) < 4.78 is 70.3.